The first-order valence-electron chi connectivity index (χ1n) is 8.21. The van der Waals surface area contributed by atoms with E-state index in [9.17, 15) is 9.59 Å². The molecular formula is C19H16N2O2. The molecule has 1 aliphatic heterocycles. The monoisotopic (exact) mass is 304 g/mol. The molecule has 6 rings (SSSR count). The molecule has 2 saturated carbocycles. The topological polar surface area (TPSA) is 61.2 Å². The molecule has 5 aliphatic rings. The van der Waals surface area contributed by atoms with Crippen LogP contribution < -0.4 is 0 Å². The van der Waals surface area contributed by atoms with Crippen molar-refractivity contribution < 1.29 is 9.59 Å². The standard InChI is InChI=1S/C19H16N2O2/c20-8-10-2-1-3-11(6-10)9-21-18(22)16-12-4-5-13(15-7-14(12)15)17(16)19(21)23/h1-6,12-17H,7,9H2/t12-,13-,14-,15+,16-,17+/m0/s1. The molecule has 6 atom stereocenters. The van der Waals surface area contributed by atoms with Crippen molar-refractivity contribution >= 4 is 11.8 Å². The zero-order valence-electron chi connectivity index (χ0n) is 12.6. The second kappa shape index (κ2) is 4.32. The Hall–Kier alpha value is -2.41. The summed E-state index contributed by atoms with van der Waals surface area (Å²) in [4.78, 5) is 27.2. The Morgan fingerprint density at radius 3 is 2.35 bits per heavy atom. The summed E-state index contributed by atoms with van der Waals surface area (Å²) in [5, 5.41) is 9.00. The molecule has 2 bridgehead atoms. The lowest BCUT2D eigenvalue weighted by Gasteiger charge is -2.37. The van der Waals surface area contributed by atoms with Crippen LogP contribution in [0.4, 0.5) is 0 Å². The number of carbonyl (C=O) groups is 2. The third-order valence-electron chi connectivity index (χ3n) is 6.15. The summed E-state index contributed by atoms with van der Waals surface area (Å²) in [6.45, 7) is 0.287. The number of amides is 2. The van der Waals surface area contributed by atoms with Crippen LogP contribution in [0.15, 0.2) is 36.4 Å². The first-order chi connectivity index (χ1) is 11.2. The zero-order chi connectivity index (χ0) is 15.7. The summed E-state index contributed by atoms with van der Waals surface area (Å²) in [7, 11) is 0. The molecule has 4 heteroatoms. The number of hydrogen-bond donors (Lipinski definition) is 0. The van der Waals surface area contributed by atoms with Gasteiger partial charge in [-0.3, -0.25) is 14.5 Å². The number of likely N-dealkylation sites (tertiary alicyclic amines) is 1. The van der Waals surface area contributed by atoms with Crippen LogP contribution in [0.3, 0.4) is 0 Å². The van der Waals surface area contributed by atoms with Crippen LogP contribution >= 0.6 is 0 Å². The lowest BCUT2D eigenvalue weighted by Crippen LogP contribution is -2.40. The van der Waals surface area contributed by atoms with E-state index in [0.29, 0.717) is 17.4 Å². The summed E-state index contributed by atoms with van der Waals surface area (Å²) in [6.07, 6.45) is 5.55. The maximum atomic E-state index is 12.9. The van der Waals surface area contributed by atoms with Crippen molar-refractivity contribution in [3.05, 3.63) is 47.5 Å². The first kappa shape index (κ1) is 13.1. The van der Waals surface area contributed by atoms with E-state index in [0.717, 1.165) is 5.56 Å². The first-order valence-corrected chi connectivity index (χ1v) is 8.21. The van der Waals surface area contributed by atoms with Crippen molar-refractivity contribution in [3.63, 3.8) is 0 Å². The van der Waals surface area contributed by atoms with E-state index < -0.39 is 0 Å². The normalized spacial score (nSPS) is 39.2. The van der Waals surface area contributed by atoms with E-state index in [1.165, 1.54) is 11.3 Å². The highest BCUT2D eigenvalue weighted by molar-refractivity contribution is 6.06. The van der Waals surface area contributed by atoms with Gasteiger partial charge in [-0.2, -0.15) is 5.26 Å². The predicted molar refractivity (Wildman–Crippen MR) is 81.4 cm³/mol. The summed E-state index contributed by atoms with van der Waals surface area (Å²) < 4.78 is 0. The minimum atomic E-state index is -0.139. The van der Waals surface area contributed by atoms with Gasteiger partial charge < -0.3 is 0 Å². The van der Waals surface area contributed by atoms with Crippen molar-refractivity contribution in [1.29, 1.82) is 5.26 Å². The zero-order valence-corrected chi connectivity index (χ0v) is 12.6. The highest BCUT2D eigenvalue weighted by Crippen LogP contribution is 2.65. The maximum absolute atomic E-state index is 12.9. The number of imide groups is 1. The lowest BCUT2D eigenvalue weighted by molar-refractivity contribution is -0.140. The summed E-state index contributed by atoms with van der Waals surface area (Å²) in [6, 6.07) is 9.26. The lowest BCUT2D eigenvalue weighted by atomic mass is 9.63. The van der Waals surface area contributed by atoms with Gasteiger partial charge in [0, 0.05) is 0 Å². The summed E-state index contributed by atoms with van der Waals surface area (Å²) in [5.74, 6) is 1.50. The van der Waals surface area contributed by atoms with Crippen LogP contribution in [0.1, 0.15) is 17.5 Å². The Bertz CT molecular complexity index is 770. The highest BCUT2D eigenvalue weighted by atomic mass is 16.2. The third kappa shape index (κ3) is 1.65. The van der Waals surface area contributed by atoms with E-state index in [-0.39, 0.29) is 42.0 Å². The Morgan fingerprint density at radius 1 is 1.09 bits per heavy atom. The Labute approximate surface area is 134 Å². The molecular weight excluding hydrogens is 288 g/mol. The van der Waals surface area contributed by atoms with Crippen molar-refractivity contribution in [3.8, 4) is 6.07 Å². The van der Waals surface area contributed by atoms with Gasteiger partial charge in [-0.25, -0.2) is 0 Å². The van der Waals surface area contributed by atoms with Crippen molar-refractivity contribution in [2.45, 2.75) is 13.0 Å². The quantitative estimate of drug-likeness (QED) is 0.621. The van der Waals surface area contributed by atoms with Gasteiger partial charge >= 0.3 is 0 Å². The van der Waals surface area contributed by atoms with E-state index in [4.69, 9.17) is 5.26 Å². The molecule has 1 aromatic rings. The predicted octanol–water partition coefficient (Wildman–Crippen LogP) is 2.11. The van der Waals surface area contributed by atoms with E-state index >= 15 is 0 Å². The fourth-order valence-corrected chi connectivity index (χ4v) is 5.10. The molecule has 0 radical (unpaired) electrons. The average Bonchev–Trinajstić information content (AvgIpc) is 3.36. The molecule has 0 spiro atoms. The molecule has 0 aromatic heterocycles. The molecule has 23 heavy (non-hydrogen) atoms. The van der Waals surface area contributed by atoms with E-state index in [1.54, 1.807) is 18.2 Å². The molecule has 4 aliphatic carbocycles. The summed E-state index contributed by atoms with van der Waals surface area (Å²) in [5.41, 5.74) is 1.40. The summed E-state index contributed by atoms with van der Waals surface area (Å²) >= 11 is 0. The fraction of sp³-hybridized carbons (Fsp3) is 0.421. The third-order valence-corrected chi connectivity index (χ3v) is 6.15. The molecule has 3 fully saturated rings. The molecule has 114 valence electrons. The van der Waals surface area contributed by atoms with Gasteiger partial charge in [0.1, 0.15) is 0 Å². The van der Waals surface area contributed by atoms with Crippen LogP contribution in [-0.2, 0) is 16.1 Å². The van der Waals surface area contributed by atoms with Crippen LogP contribution in [0.25, 0.3) is 0 Å². The van der Waals surface area contributed by atoms with Crippen LogP contribution in [0, 0.1) is 46.8 Å². The Kier molecular flexibility index (Phi) is 2.45. The minimum absolute atomic E-state index is 0.00735. The molecule has 0 N–H and O–H groups in total. The second-order valence-electron chi connectivity index (χ2n) is 7.23. The van der Waals surface area contributed by atoms with Crippen molar-refractivity contribution in [2.75, 3.05) is 0 Å². The molecule has 1 saturated heterocycles. The number of rotatable bonds is 2. The van der Waals surface area contributed by atoms with Crippen LogP contribution in [0.2, 0.25) is 0 Å². The maximum Gasteiger partial charge on any atom is 0.234 e. The number of benzene rings is 1. The van der Waals surface area contributed by atoms with E-state index in [1.807, 2.05) is 6.07 Å². The van der Waals surface area contributed by atoms with Gasteiger partial charge in [0.15, 0.2) is 0 Å². The molecule has 1 heterocycles. The van der Waals surface area contributed by atoms with Crippen molar-refractivity contribution in [1.82, 2.24) is 4.90 Å². The average molecular weight is 304 g/mol. The molecule has 2 amide bonds. The largest absolute Gasteiger partial charge is 0.278 e. The number of allylic oxidation sites excluding steroid dienone is 2. The van der Waals surface area contributed by atoms with Crippen LogP contribution in [0.5, 0.6) is 0 Å². The fourth-order valence-electron chi connectivity index (χ4n) is 5.10. The van der Waals surface area contributed by atoms with Gasteiger partial charge in [0.25, 0.3) is 0 Å². The number of nitrogens with zero attached hydrogens (tertiary/aromatic N) is 2. The Morgan fingerprint density at radius 2 is 1.74 bits per heavy atom. The smallest absolute Gasteiger partial charge is 0.234 e. The van der Waals surface area contributed by atoms with Gasteiger partial charge in [-0.1, -0.05) is 24.3 Å². The van der Waals surface area contributed by atoms with E-state index in [2.05, 4.69) is 18.2 Å². The minimum Gasteiger partial charge on any atom is -0.278 e. The van der Waals surface area contributed by atoms with Gasteiger partial charge in [0.2, 0.25) is 11.8 Å². The number of hydrogen-bond acceptors (Lipinski definition) is 3. The molecule has 1 aromatic carbocycles. The van der Waals surface area contributed by atoms with Crippen LogP contribution in [-0.4, -0.2) is 16.7 Å². The van der Waals surface area contributed by atoms with Gasteiger partial charge in [0.05, 0.1) is 30.0 Å². The SMILES string of the molecule is N#Cc1cccc(CN2C(=O)[C@@H]3[C@H]4C=C[C@@H]([C@@H]5C[C@H]45)[C@@H]3C2=O)c1. The number of carbonyl (C=O) groups excluding carboxylic acids is 2. The molecule has 0 unspecified atom stereocenters. The second-order valence-corrected chi connectivity index (χ2v) is 7.23. The molecule has 4 nitrogen and oxygen atoms in total. The van der Waals surface area contributed by atoms with Gasteiger partial charge in [-0.15, -0.1) is 0 Å². The highest BCUT2D eigenvalue weighted by Gasteiger charge is 2.66. The van der Waals surface area contributed by atoms with Crippen molar-refractivity contribution in [2.24, 2.45) is 35.5 Å². The Balaban J connectivity index is 1.46. The van der Waals surface area contributed by atoms with Gasteiger partial charge in [-0.05, 0) is 47.8 Å². The number of nitriles is 1.